The van der Waals surface area contributed by atoms with Crippen molar-refractivity contribution in [2.24, 2.45) is 0 Å². The summed E-state index contributed by atoms with van der Waals surface area (Å²) in [6, 6.07) is 1.07. The van der Waals surface area contributed by atoms with Crippen LogP contribution in [0.25, 0.3) is 0 Å². The Balaban J connectivity index is 4.97. The highest BCUT2D eigenvalue weighted by Crippen LogP contribution is 2.22. The Morgan fingerprint density at radius 1 is 0.684 bits per heavy atom. The molecule has 0 heterocycles. The summed E-state index contributed by atoms with van der Waals surface area (Å²) in [5, 5.41) is 0. The minimum Gasteiger partial charge on any atom is -0.410 e. The summed E-state index contributed by atoms with van der Waals surface area (Å²) < 4.78 is 18.9. The van der Waals surface area contributed by atoms with Gasteiger partial charge in [-0.3, -0.25) is 0 Å². The average molecular weight is 339 g/mol. The predicted molar refractivity (Wildman–Crippen MR) is 95.6 cm³/mol. The molecule has 0 N–H and O–H groups in total. The largest absolute Gasteiger partial charge is 0.410 e. The lowest BCUT2D eigenvalue weighted by Gasteiger charge is -2.38. The van der Waals surface area contributed by atoms with E-state index in [2.05, 4.69) is 58.9 Å². The van der Waals surface area contributed by atoms with E-state index in [0.717, 1.165) is 16.3 Å². The minimum absolute atomic E-state index is 0.122. The summed E-state index contributed by atoms with van der Waals surface area (Å²) in [7, 11) is -3.70. The number of hydrogen-bond donors (Lipinski definition) is 0. The summed E-state index contributed by atoms with van der Waals surface area (Å²) in [6.07, 6.45) is -0.0423. The van der Waals surface area contributed by atoms with E-state index in [-0.39, 0.29) is 12.4 Å². The Morgan fingerprint density at radius 3 is 1.21 bits per heavy atom. The molecule has 1 unspecified atom stereocenters. The van der Waals surface area contributed by atoms with Crippen molar-refractivity contribution >= 4 is 35.2 Å². The second-order valence-corrected chi connectivity index (χ2v) is 22.2. The van der Waals surface area contributed by atoms with Gasteiger partial charge in [-0.1, -0.05) is 0 Å². The average Bonchev–Trinajstić information content (AvgIpc) is 2.06. The highest BCUT2D eigenvalue weighted by molar-refractivity contribution is 6.71. The van der Waals surface area contributed by atoms with Gasteiger partial charge in [0.1, 0.15) is 0 Å². The first-order valence-electron chi connectivity index (χ1n) is 7.27. The summed E-state index contributed by atoms with van der Waals surface area (Å²) >= 11 is 0. The van der Waals surface area contributed by atoms with Crippen LogP contribution < -0.4 is 0 Å². The van der Waals surface area contributed by atoms with Gasteiger partial charge in [0.2, 0.25) is 0 Å². The lowest BCUT2D eigenvalue weighted by Crippen LogP contribution is -2.49. The van der Waals surface area contributed by atoms with E-state index < -0.39 is 25.0 Å². The molecule has 0 rings (SSSR count). The minimum atomic E-state index is -1.63. The molecular formula is C12H34O3Si4. The molecule has 0 saturated carbocycles. The predicted octanol–water partition coefficient (Wildman–Crippen LogP) is 3.02. The van der Waals surface area contributed by atoms with Crippen LogP contribution in [0.1, 0.15) is 0 Å². The summed E-state index contributed by atoms with van der Waals surface area (Å²) in [4.78, 5) is 0. The van der Waals surface area contributed by atoms with Gasteiger partial charge in [0, 0.05) is 10.2 Å². The normalized spacial score (nSPS) is 16.1. The first-order valence-corrected chi connectivity index (χ1v) is 18.9. The SMILES string of the molecule is C[Si](C)(C)OC(C[SiH3])C(O[Si](C)(C)C)O[Si](C)(C)C. The Hall–Kier alpha value is 0.748. The lowest BCUT2D eigenvalue weighted by atomic mass is 10.4. The topological polar surface area (TPSA) is 27.7 Å². The molecule has 0 aromatic rings. The molecule has 0 aromatic heterocycles. The van der Waals surface area contributed by atoms with E-state index in [1.165, 1.54) is 0 Å². The second kappa shape index (κ2) is 7.15. The Morgan fingerprint density at radius 2 is 1.00 bits per heavy atom. The van der Waals surface area contributed by atoms with Crippen molar-refractivity contribution < 1.29 is 13.3 Å². The van der Waals surface area contributed by atoms with Crippen LogP contribution in [0.2, 0.25) is 65.0 Å². The van der Waals surface area contributed by atoms with Crippen LogP contribution in [0.4, 0.5) is 0 Å². The molecule has 0 bridgehead atoms. The van der Waals surface area contributed by atoms with E-state index in [4.69, 9.17) is 13.3 Å². The van der Waals surface area contributed by atoms with Crippen LogP contribution in [0.3, 0.4) is 0 Å². The van der Waals surface area contributed by atoms with E-state index in [9.17, 15) is 0 Å². The van der Waals surface area contributed by atoms with E-state index in [0.29, 0.717) is 0 Å². The van der Waals surface area contributed by atoms with Crippen molar-refractivity contribution in [1.82, 2.24) is 0 Å². The van der Waals surface area contributed by atoms with Gasteiger partial charge in [-0.2, -0.15) is 0 Å². The van der Waals surface area contributed by atoms with Crippen molar-refractivity contribution in [3.8, 4) is 0 Å². The monoisotopic (exact) mass is 338 g/mol. The molecule has 0 aliphatic heterocycles. The van der Waals surface area contributed by atoms with E-state index >= 15 is 0 Å². The first-order chi connectivity index (χ1) is 8.23. The number of rotatable bonds is 8. The Kier molecular flexibility index (Phi) is 7.43. The molecule has 0 saturated heterocycles. The quantitative estimate of drug-likeness (QED) is 0.503. The van der Waals surface area contributed by atoms with Gasteiger partial charge in [-0.05, 0) is 65.0 Å². The molecule has 19 heavy (non-hydrogen) atoms. The molecule has 0 radical (unpaired) electrons. The van der Waals surface area contributed by atoms with Gasteiger partial charge in [0.15, 0.2) is 31.2 Å². The maximum absolute atomic E-state index is 6.31. The summed E-state index contributed by atoms with van der Waals surface area (Å²) in [5.74, 6) is 0. The summed E-state index contributed by atoms with van der Waals surface area (Å²) in [6.45, 7) is 20.0. The molecule has 7 heteroatoms. The zero-order valence-corrected chi connectivity index (χ0v) is 19.6. The molecule has 116 valence electrons. The van der Waals surface area contributed by atoms with E-state index in [1.807, 2.05) is 0 Å². The number of hydrogen-bond acceptors (Lipinski definition) is 3. The lowest BCUT2D eigenvalue weighted by molar-refractivity contribution is -0.0810. The van der Waals surface area contributed by atoms with Crippen LogP contribution in [-0.2, 0) is 13.3 Å². The van der Waals surface area contributed by atoms with Crippen LogP contribution >= 0.6 is 0 Å². The van der Waals surface area contributed by atoms with Gasteiger partial charge in [-0.25, -0.2) is 0 Å². The van der Waals surface area contributed by atoms with Crippen molar-refractivity contribution in [2.45, 2.75) is 77.4 Å². The van der Waals surface area contributed by atoms with Gasteiger partial charge in [-0.15, -0.1) is 0 Å². The third kappa shape index (κ3) is 11.1. The highest BCUT2D eigenvalue weighted by Gasteiger charge is 2.34. The van der Waals surface area contributed by atoms with E-state index in [1.54, 1.807) is 0 Å². The van der Waals surface area contributed by atoms with Crippen LogP contribution in [0.15, 0.2) is 0 Å². The molecule has 0 spiro atoms. The zero-order valence-electron chi connectivity index (χ0n) is 14.6. The van der Waals surface area contributed by atoms with Crippen molar-refractivity contribution in [3.05, 3.63) is 0 Å². The maximum atomic E-state index is 6.31. The Bertz CT molecular complexity index is 250. The molecule has 0 aliphatic rings. The molecule has 0 aromatic carbocycles. The second-order valence-electron chi connectivity index (χ2n) is 8.01. The van der Waals surface area contributed by atoms with Gasteiger partial charge < -0.3 is 13.3 Å². The van der Waals surface area contributed by atoms with Gasteiger partial charge >= 0.3 is 0 Å². The fourth-order valence-corrected chi connectivity index (χ4v) is 5.62. The Labute approximate surface area is 126 Å². The van der Waals surface area contributed by atoms with Crippen LogP contribution in [0, 0.1) is 0 Å². The standard InChI is InChI=1S/C12H34O3Si4/c1-17(2,3)13-11(10-16)12(14-18(4,5)6)15-19(7,8)9/h11-12H,10H2,1-9,16H3. The third-order valence-electron chi connectivity index (χ3n) is 2.15. The zero-order chi connectivity index (χ0) is 15.5. The third-order valence-corrected chi connectivity index (χ3v) is 5.84. The molecular weight excluding hydrogens is 304 g/mol. The molecule has 0 aliphatic carbocycles. The molecule has 0 amide bonds. The molecule has 1 atom stereocenters. The van der Waals surface area contributed by atoms with Crippen molar-refractivity contribution in [1.29, 1.82) is 0 Å². The van der Waals surface area contributed by atoms with Crippen LogP contribution in [-0.4, -0.2) is 47.6 Å². The molecule has 3 nitrogen and oxygen atoms in total. The van der Waals surface area contributed by atoms with Crippen molar-refractivity contribution in [2.75, 3.05) is 0 Å². The van der Waals surface area contributed by atoms with Crippen molar-refractivity contribution in [3.63, 3.8) is 0 Å². The fourth-order valence-electron chi connectivity index (χ4n) is 1.66. The first kappa shape index (κ1) is 19.7. The smallest absolute Gasteiger partial charge is 0.187 e. The maximum Gasteiger partial charge on any atom is 0.187 e. The highest BCUT2D eigenvalue weighted by atomic mass is 28.4. The van der Waals surface area contributed by atoms with Crippen LogP contribution in [0.5, 0.6) is 0 Å². The summed E-state index contributed by atoms with van der Waals surface area (Å²) in [5.41, 5.74) is 0. The molecule has 0 fully saturated rings. The van der Waals surface area contributed by atoms with Gasteiger partial charge in [0.25, 0.3) is 0 Å². The van der Waals surface area contributed by atoms with Gasteiger partial charge in [0.05, 0.1) is 6.10 Å². The fraction of sp³-hybridized carbons (Fsp3) is 1.00.